The summed E-state index contributed by atoms with van der Waals surface area (Å²) in [5.41, 5.74) is 0.465. The van der Waals surface area contributed by atoms with Gasteiger partial charge in [0.05, 0.1) is 16.7 Å². The zero-order valence-electron chi connectivity index (χ0n) is 18.2. The number of carbonyl (C=O) groups is 2. The van der Waals surface area contributed by atoms with E-state index in [4.69, 9.17) is 5.14 Å². The van der Waals surface area contributed by atoms with Gasteiger partial charge in [0.25, 0.3) is 0 Å². The van der Waals surface area contributed by atoms with Crippen molar-refractivity contribution in [1.82, 2.24) is 19.7 Å². The number of aromatic nitrogens is 3. The minimum absolute atomic E-state index is 0.0237. The molecule has 1 aliphatic heterocycles. The molecule has 1 aromatic heterocycles. The summed E-state index contributed by atoms with van der Waals surface area (Å²) in [6.45, 7) is 5.48. The standard InChI is InChI=1S/C20H28N6O4S2/c1-3-26-17(13-25-12-6-4-5-7-18(25)27)23-24-20(26)31-14(2)19(28)22-15-8-10-16(11-9-15)32(21,29)30/h8-11,14H,3-7,12-13H2,1-2H3,(H,22,28)(H2,21,29,30)/t14-/m0/s1. The van der Waals surface area contributed by atoms with E-state index in [1.54, 1.807) is 6.92 Å². The number of carbonyl (C=O) groups excluding carboxylic acids is 2. The number of rotatable bonds is 8. The Balaban J connectivity index is 1.64. The van der Waals surface area contributed by atoms with Crippen molar-refractivity contribution in [2.24, 2.45) is 5.14 Å². The van der Waals surface area contributed by atoms with Gasteiger partial charge in [0.2, 0.25) is 21.8 Å². The first-order valence-corrected chi connectivity index (χ1v) is 12.9. The van der Waals surface area contributed by atoms with E-state index in [0.29, 0.717) is 36.2 Å². The average molecular weight is 481 g/mol. The van der Waals surface area contributed by atoms with Crippen LogP contribution in [0.2, 0.25) is 0 Å². The number of nitrogens with two attached hydrogens (primary N) is 1. The highest BCUT2D eigenvalue weighted by Crippen LogP contribution is 2.25. The van der Waals surface area contributed by atoms with E-state index in [2.05, 4.69) is 15.5 Å². The van der Waals surface area contributed by atoms with E-state index >= 15 is 0 Å². The molecule has 32 heavy (non-hydrogen) atoms. The monoisotopic (exact) mass is 480 g/mol. The van der Waals surface area contributed by atoms with E-state index < -0.39 is 15.3 Å². The van der Waals surface area contributed by atoms with Gasteiger partial charge >= 0.3 is 0 Å². The lowest BCUT2D eigenvalue weighted by molar-refractivity contribution is -0.131. The third-order valence-electron chi connectivity index (χ3n) is 5.22. The summed E-state index contributed by atoms with van der Waals surface area (Å²) in [5, 5.41) is 16.5. The normalized spacial score (nSPS) is 16.0. The van der Waals surface area contributed by atoms with Gasteiger partial charge in [-0.25, -0.2) is 13.6 Å². The molecular weight excluding hydrogens is 452 g/mol. The minimum Gasteiger partial charge on any atom is -0.335 e. The highest BCUT2D eigenvalue weighted by molar-refractivity contribution is 8.00. The maximum Gasteiger partial charge on any atom is 0.238 e. The summed E-state index contributed by atoms with van der Waals surface area (Å²) in [4.78, 5) is 26.7. The third-order valence-corrected chi connectivity index (χ3v) is 7.22. The van der Waals surface area contributed by atoms with Crippen molar-refractivity contribution >= 4 is 39.3 Å². The lowest BCUT2D eigenvalue weighted by Crippen LogP contribution is -2.31. The molecule has 1 saturated heterocycles. The smallest absolute Gasteiger partial charge is 0.238 e. The Morgan fingerprint density at radius 2 is 1.94 bits per heavy atom. The molecule has 2 heterocycles. The second-order valence-corrected chi connectivity index (χ2v) is 10.5. The van der Waals surface area contributed by atoms with Crippen molar-refractivity contribution in [3.63, 3.8) is 0 Å². The van der Waals surface area contributed by atoms with Gasteiger partial charge in [-0.1, -0.05) is 18.2 Å². The first kappa shape index (κ1) is 24.2. The molecule has 0 unspecified atom stereocenters. The van der Waals surface area contributed by atoms with Gasteiger partial charge in [-0.3, -0.25) is 9.59 Å². The van der Waals surface area contributed by atoms with E-state index in [1.807, 2.05) is 16.4 Å². The van der Waals surface area contributed by atoms with Crippen LogP contribution in [0.15, 0.2) is 34.3 Å². The molecule has 2 amide bonds. The van der Waals surface area contributed by atoms with Crippen molar-refractivity contribution in [1.29, 1.82) is 0 Å². The van der Waals surface area contributed by atoms with E-state index in [1.165, 1.54) is 36.0 Å². The minimum atomic E-state index is -3.79. The molecular formula is C20H28N6O4S2. The van der Waals surface area contributed by atoms with Crippen molar-refractivity contribution in [3.8, 4) is 0 Å². The zero-order chi connectivity index (χ0) is 23.3. The summed E-state index contributed by atoms with van der Waals surface area (Å²) in [6.07, 6.45) is 3.54. The number of anilines is 1. The summed E-state index contributed by atoms with van der Waals surface area (Å²) < 4.78 is 24.6. The SMILES string of the molecule is CCn1c(CN2CCCCCC2=O)nnc1S[C@@H](C)C(=O)Nc1ccc(S(N)(=O)=O)cc1. The number of hydrogen-bond acceptors (Lipinski definition) is 7. The Morgan fingerprint density at radius 1 is 1.22 bits per heavy atom. The van der Waals surface area contributed by atoms with Gasteiger partial charge in [-0.2, -0.15) is 0 Å². The van der Waals surface area contributed by atoms with Crippen molar-refractivity contribution in [2.75, 3.05) is 11.9 Å². The summed E-state index contributed by atoms with van der Waals surface area (Å²) in [6, 6.07) is 5.65. The third kappa shape index (κ3) is 6.08. The van der Waals surface area contributed by atoms with Crippen LogP contribution in [0, 0.1) is 0 Å². The van der Waals surface area contributed by atoms with E-state index in [9.17, 15) is 18.0 Å². The van der Waals surface area contributed by atoms with Crippen molar-refractivity contribution in [3.05, 3.63) is 30.1 Å². The van der Waals surface area contributed by atoms with Gasteiger partial charge in [0.15, 0.2) is 11.0 Å². The highest BCUT2D eigenvalue weighted by atomic mass is 32.2. The fraction of sp³-hybridized carbons (Fsp3) is 0.500. The maximum atomic E-state index is 12.6. The molecule has 0 aliphatic carbocycles. The Hall–Kier alpha value is -2.44. The van der Waals surface area contributed by atoms with Crippen LogP contribution in [0.1, 0.15) is 45.4 Å². The van der Waals surface area contributed by atoms with Crippen LogP contribution in [0.5, 0.6) is 0 Å². The molecule has 0 spiro atoms. The molecule has 0 saturated carbocycles. The number of hydrogen-bond donors (Lipinski definition) is 2. The summed E-state index contributed by atoms with van der Waals surface area (Å²) in [7, 11) is -3.79. The molecule has 174 valence electrons. The number of likely N-dealkylation sites (tertiary alicyclic amines) is 1. The molecule has 0 bridgehead atoms. The zero-order valence-corrected chi connectivity index (χ0v) is 19.8. The van der Waals surface area contributed by atoms with Gasteiger partial charge in [-0.15, -0.1) is 10.2 Å². The number of thioether (sulfide) groups is 1. The van der Waals surface area contributed by atoms with E-state index in [0.717, 1.165) is 25.8 Å². The number of sulfonamides is 1. The molecule has 1 fully saturated rings. The topological polar surface area (TPSA) is 140 Å². The molecule has 3 N–H and O–H groups in total. The number of primary sulfonamides is 1. The predicted octanol–water partition coefficient (Wildman–Crippen LogP) is 1.97. The first-order chi connectivity index (χ1) is 15.2. The van der Waals surface area contributed by atoms with Crippen LogP contribution >= 0.6 is 11.8 Å². The van der Waals surface area contributed by atoms with Crippen LogP contribution in [-0.4, -0.2) is 51.7 Å². The first-order valence-electron chi connectivity index (χ1n) is 10.5. The van der Waals surface area contributed by atoms with E-state index in [-0.39, 0.29) is 16.7 Å². The summed E-state index contributed by atoms with van der Waals surface area (Å²) in [5.74, 6) is 0.591. The quantitative estimate of drug-likeness (QED) is 0.550. The molecule has 3 rings (SSSR count). The average Bonchev–Trinajstić information content (AvgIpc) is 3.00. The number of benzene rings is 1. The lowest BCUT2D eigenvalue weighted by Gasteiger charge is -2.20. The second kappa shape index (κ2) is 10.5. The predicted molar refractivity (Wildman–Crippen MR) is 121 cm³/mol. The lowest BCUT2D eigenvalue weighted by atomic mass is 10.2. The summed E-state index contributed by atoms with van der Waals surface area (Å²) >= 11 is 1.28. The molecule has 1 aromatic carbocycles. The fourth-order valence-electron chi connectivity index (χ4n) is 3.40. The number of amides is 2. The number of nitrogens with one attached hydrogen (secondary N) is 1. The van der Waals surface area contributed by atoms with Crippen LogP contribution in [-0.2, 0) is 32.7 Å². The van der Waals surface area contributed by atoms with Crippen LogP contribution in [0.3, 0.4) is 0 Å². The Bertz CT molecular complexity index is 1070. The number of nitrogens with zero attached hydrogens (tertiary/aromatic N) is 4. The van der Waals surface area contributed by atoms with Gasteiger partial charge in [0.1, 0.15) is 0 Å². The fourth-order valence-corrected chi connectivity index (χ4v) is 4.85. The van der Waals surface area contributed by atoms with Gasteiger partial charge in [-0.05, 0) is 51.0 Å². The molecule has 1 atom stereocenters. The molecule has 0 radical (unpaired) electrons. The molecule has 2 aromatic rings. The highest BCUT2D eigenvalue weighted by Gasteiger charge is 2.23. The molecule has 10 nitrogen and oxygen atoms in total. The van der Waals surface area contributed by atoms with Crippen molar-refractivity contribution in [2.45, 2.75) is 67.9 Å². The van der Waals surface area contributed by atoms with Crippen LogP contribution < -0.4 is 10.5 Å². The Morgan fingerprint density at radius 3 is 2.59 bits per heavy atom. The maximum absolute atomic E-state index is 12.6. The van der Waals surface area contributed by atoms with Gasteiger partial charge < -0.3 is 14.8 Å². The second-order valence-electron chi connectivity index (χ2n) is 7.59. The van der Waals surface area contributed by atoms with Crippen LogP contribution in [0.4, 0.5) is 5.69 Å². The van der Waals surface area contributed by atoms with Crippen LogP contribution in [0.25, 0.3) is 0 Å². The van der Waals surface area contributed by atoms with Crippen molar-refractivity contribution < 1.29 is 18.0 Å². The Kier molecular flexibility index (Phi) is 7.91. The molecule has 1 aliphatic rings. The largest absolute Gasteiger partial charge is 0.335 e. The Labute approximate surface area is 192 Å². The molecule has 12 heteroatoms. The van der Waals surface area contributed by atoms with Gasteiger partial charge in [0, 0.05) is 25.2 Å².